The molecule has 1 aliphatic heterocycles. The quantitative estimate of drug-likeness (QED) is 0.599. The molecule has 1 rings (SSSR count). The largest absolute Gasteiger partial charge is 0.481 e. The average Bonchev–Trinajstić information content (AvgIpc) is 2.85. The van der Waals surface area contributed by atoms with E-state index in [0.29, 0.717) is 12.2 Å². The summed E-state index contributed by atoms with van der Waals surface area (Å²) in [4.78, 5) is 33.3. The van der Waals surface area contributed by atoms with E-state index in [9.17, 15) is 14.4 Å². The van der Waals surface area contributed by atoms with Crippen LogP contribution in [0.25, 0.3) is 0 Å². The number of hydrogen-bond acceptors (Lipinski definition) is 6. The molecule has 3 atom stereocenters. The Morgan fingerprint density at radius 2 is 1.77 bits per heavy atom. The molecule has 2 amide bonds. The van der Waals surface area contributed by atoms with Crippen molar-refractivity contribution in [3.63, 3.8) is 0 Å². The van der Waals surface area contributed by atoms with E-state index in [1.54, 1.807) is 11.8 Å². The van der Waals surface area contributed by atoms with Gasteiger partial charge in [-0.05, 0) is 12.8 Å². The van der Waals surface area contributed by atoms with E-state index in [2.05, 4.69) is 20.1 Å². The maximum Gasteiger partial charge on any atom is 0.407 e. The fourth-order valence-corrected chi connectivity index (χ4v) is 3.85. The maximum absolute atomic E-state index is 11.5. The fraction of sp³-hybridized carbons (Fsp3) is 0.769. The van der Waals surface area contributed by atoms with Crippen molar-refractivity contribution in [2.45, 2.75) is 43.0 Å². The zero-order chi connectivity index (χ0) is 16.5. The van der Waals surface area contributed by atoms with Crippen LogP contribution in [0.1, 0.15) is 25.7 Å². The van der Waals surface area contributed by atoms with Crippen molar-refractivity contribution in [1.82, 2.24) is 10.6 Å². The van der Waals surface area contributed by atoms with Gasteiger partial charge in [-0.1, -0.05) is 6.42 Å². The summed E-state index contributed by atoms with van der Waals surface area (Å²) in [6, 6.07) is -0.526. The van der Waals surface area contributed by atoms with Gasteiger partial charge in [0.1, 0.15) is 0 Å². The molecule has 3 N–H and O–H groups in total. The van der Waals surface area contributed by atoms with Crippen molar-refractivity contribution in [1.29, 1.82) is 0 Å². The van der Waals surface area contributed by atoms with Crippen molar-refractivity contribution in [2.24, 2.45) is 0 Å². The van der Waals surface area contributed by atoms with Gasteiger partial charge in [0.2, 0.25) is 0 Å². The van der Waals surface area contributed by atoms with E-state index in [4.69, 9.17) is 5.11 Å². The van der Waals surface area contributed by atoms with Gasteiger partial charge >= 0.3 is 18.2 Å². The number of unbranched alkanes of at least 4 members (excludes halogenated alkanes) is 1. The van der Waals surface area contributed by atoms with Crippen LogP contribution in [-0.2, 0) is 14.3 Å². The number of carbonyl (C=O) groups excluding carboxylic acids is 2. The number of thioether (sulfide) groups is 1. The molecule has 0 aromatic rings. The summed E-state index contributed by atoms with van der Waals surface area (Å²) in [5.41, 5.74) is 0. The second-order valence-electron chi connectivity index (χ2n) is 4.92. The highest BCUT2D eigenvalue weighted by atomic mass is 32.2. The topological polar surface area (TPSA) is 114 Å². The van der Waals surface area contributed by atoms with Gasteiger partial charge in [-0.25, -0.2) is 9.59 Å². The first kappa shape index (κ1) is 18.4. The van der Waals surface area contributed by atoms with Crippen molar-refractivity contribution < 1.29 is 29.0 Å². The number of carboxylic acids is 1. The minimum atomic E-state index is -0.812. The lowest BCUT2D eigenvalue weighted by Gasteiger charge is -2.24. The third kappa shape index (κ3) is 6.00. The van der Waals surface area contributed by atoms with Crippen LogP contribution in [0.2, 0.25) is 0 Å². The van der Waals surface area contributed by atoms with Crippen molar-refractivity contribution in [2.75, 3.05) is 20.0 Å². The molecular formula is C13H22N2O6S. The van der Waals surface area contributed by atoms with Gasteiger partial charge in [0.25, 0.3) is 0 Å². The molecule has 9 heteroatoms. The zero-order valence-corrected chi connectivity index (χ0v) is 13.5. The number of methoxy groups -OCH3 is 2. The van der Waals surface area contributed by atoms with E-state index >= 15 is 0 Å². The lowest BCUT2D eigenvalue weighted by atomic mass is 10.0. The molecule has 0 radical (unpaired) electrons. The van der Waals surface area contributed by atoms with Crippen LogP contribution < -0.4 is 10.6 Å². The summed E-state index contributed by atoms with van der Waals surface area (Å²) in [7, 11) is 2.56. The molecular weight excluding hydrogens is 312 g/mol. The first-order valence-electron chi connectivity index (χ1n) is 7.00. The highest BCUT2D eigenvalue weighted by molar-refractivity contribution is 8.00. The number of hydrogen-bond donors (Lipinski definition) is 3. The number of aliphatic carboxylic acids is 1. The lowest BCUT2D eigenvalue weighted by Crippen LogP contribution is -2.53. The maximum atomic E-state index is 11.5. The predicted molar refractivity (Wildman–Crippen MR) is 81.0 cm³/mol. The van der Waals surface area contributed by atoms with Gasteiger partial charge in [-0.3, -0.25) is 4.79 Å². The predicted octanol–water partition coefficient (Wildman–Crippen LogP) is 1.20. The van der Waals surface area contributed by atoms with Crippen LogP contribution >= 0.6 is 11.8 Å². The summed E-state index contributed by atoms with van der Waals surface area (Å²) in [6.45, 7) is 0. The van der Waals surface area contributed by atoms with Gasteiger partial charge in [-0.2, -0.15) is 11.8 Å². The number of amides is 2. The highest BCUT2D eigenvalue weighted by Crippen LogP contribution is 2.31. The Balaban J connectivity index is 2.55. The Kier molecular flexibility index (Phi) is 7.86. The highest BCUT2D eigenvalue weighted by Gasteiger charge is 2.38. The molecule has 22 heavy (non-hydrogen) atoms. The number of carbonyl (C=O) groups is 3. The average molecular weight is 334 g/mol. The molecule has 0 aromatic heterocycles. The molecule has 0 spiro atoms. The summed E-state index contributed by atoms with van der Waals surface area (Å²) < 4.78 is 9.20. The Labute approximate surface area is 133 Å². The molecule has 0 aromatic carbocycles. The Hall–Kier alpha value is -1.64. The van der Waals surface area contributed by atoms with E-state index in [0.717, 1.165) is 12.8 Å². The third-order valence-corrected chi connectivity index (χ3v) is 4.92. The van der Waals surface area contributed by atoms with E-state index in [-0.39, 0.29) is 23.8 Å². The number of nitrogens with one attached hydrogen (secondary N) is 2. The van der Waals surface area contributed by atoms with E-state index < -0.39 is 18.2 Å². The normalized spacial score (nSPS) is 23.6. The first-order valence-corrected chi connectivity index (χ1v) is 8.05. The molecule has 126 valence electrons. The minimum Gasteiger partial charge on any atom is -0.481 e. The number of ether oxygens (including phenoxy) is 2. The minimum absolute atomic E-state index is 0.0926. The van der Waals surface area contributed by atoms with Crippen LogP contribution in [0.4, 0.5) is 9.59 Å². The monoisotopic (exact) mass is 334 g/mol. The number of alkyl carbamates (subject to hydrolysis) is 2. The SMILES string of the molecule is COC(=O)N[C@@H]1[C@H](NC(=O)OC)CS[C@@H]1CCCCC(=O)O. The molecule has 0 aliphatic carbocycles. The molecule has 1 saturated heterocycles. The first-order chi connectivity index (χ1) is 10.5. The second-order valence-corrected chi connectivity index (χ2v) is 6.19. The molecule has 8 nitrogen and oxygen atoms in total. The van der Waals surface area contributed by atoms with Gasteiger partial charge in [-0.15, -0.1) is 0 Å². The molecule has 1 heterocycles. The molecule has 0 saturated carbocycles. The number of carboxylic acid groups (broad SMARTS) is 1. The van der Waals surface area contributed by atoms with Gasteiger partial charge in [0.15, 0.2) is 0 Å². The van der Waals surface area contributed by atoms with Crippen LogP contribution in [0, 0.1) is 0 Å². The van der Waals surface area contributed by atoms with Crippen molar-refractivity contribution in [3.8, 4) is 0 Å². The molecule has 0 unspecified atom stereocenters. The summed E-state index contributed by atoms with van der Waals surface area (Å²) in [6.07, 6.45) is 1.12. The van der Waals surface area contributed by atoms with Crippen LogP contribution in [0.5, 0.6) is 0 Å². The van der Waals surface area contributed by atoms with Gasteiger partial charge < -0.3 is 25.2 Å². The van der Waals surface area contributed by atoms with Crippen molar-refractivity contribution in [3.05, 3.63) is 0 Å². The van der Waals surface area contributed by atoms with Crippen molar-refractivity contribution >= 4 is 29.9 Å². The summed E-state index contributed by atoms with van der Waals surface area (Å²) >= 11 is 1.63. The summed E-state index contributed by atoms with van der Waals surface area (Å²) in [5.74, 6) is -0.165. The smallest absolute Gasteiger partial charge is 0.407 e. The van der Waals surface area contributed by atoms with Crippen LogP contribution in [0.3, 0.4) is 0 Å². The van der Waals surface area contributed by atoms with E-state index in [1.807, 2.05) is 0 Å². The standard InChI is InChI=1S/C13H22N2O6S/c1-20-12(18)14-8-7-22-9(5-3-4-6-10(16)17)11(8)15-13(19)21-2/h8-9,11H,3-7H2,1-2H3,(H,14,18)(H,15,19)(H,16,17)/t8-,9-,11-/m1/s1. The lowest BCUT2D eigenvalue weighted by molar-refractivity contribution is -0.137. The molecule has 1 aliphatic rings. The fourth-order valence-electron chi connectivity index (χ4n) is 2.31. The summed E-state index contributed by atoms with van der Waals surface area (Å²) in [5, 5.41) is 14.2. The molecule has 1 fully saturated rings. The Morgan fingerprint density at radius 3 is 2.36 bits per heavy atom. The third-order valence-electron chi connectivity index (χ3n) is 3.41. The van der Waals surface area contributed by atoms with Crippen LogP contribution in [0.15, 0.2) is 0 Å². The molecule has 0 bridgehead atoms. The van der Waals surface area contributed by atoms with Crippen LogP contribution in [-0.4, -0.2) is 60.6 Å². The number of rotatable bonds is 7. The van der Waals surface area contributed by atoms with Gasteiger partial charge in [0.05, 0.1) is 26.3 Å². The van der Waals surface area contributed by atoms with E-state index in [1.165, 1.54) is 14.2 Å². The Bertz CT molecular complexity index is 406. The second kappa shape index (κ2) is 9.39. The zero-order valence-electron chi connectivity index (χ0n) is 12.7. The van der Waals surface area contributed by atoms with Gasteiger partial charge in [0, 0.05) is 17.4 Å². The Morgan fingerprint density at radius 1 is 1.14 bits per heavy atom.